The van der Waals surface area contributed by atoms with Crippen molar-refractivity contribution in [1.29, 1.82) is 0 Å². The zero-order chi connectivity index (χ0) is 25.2. The second kappa shape index (κ2) is 9.56. The third kappa shape index (κ3) is 4.39. The summed E-state index contributed by atoms with van der Waals surface area (Å²) in [5.74, 6) is -1.19. The molecule has 0 aromatic heterocycles. The third-order valence-corrected chi connectivity index (χ3v) is 6.14. The predicted molar refractivity (Wildman–Crippen MR) is 137 cm³/mol. The molecule has 5 rings (SSSR count). The molecule has 0 unspecified atom stereocenters. The number of benzene rings is 4. The Kier molecular flexibility index (Phi) is 6.14. The van der Waals surface area contributed by atoms with E-state index in [2.05, 4.69) is 5.32 Å². The van der Waals surface area contributed by atoms with Crippen molar-refractivity contribution < 1.29 is 24.2 Å². The van der Waals surface area contributed by atoms with Gasteiger partial charge in [-0.05, 0) is 53.2 Å². The molecule has 0 radical (unpaired) electrons. The van der Waals surface area contributed by atoms with Gasteiger partial charge >= 0.3 is 6.03 Å². The number of hydrogen-bond acceptors (Lipinski definition) is 5. The number of aromatic hydroxyl groups is 1. The number of carbonyl (C=O) groups excluding carboxylic acids is 3. The Hall–Kier alpha value is -4.62. The lowest BCUT2D eigenvalue weighted by Gasteiger charge is -2.26. The van der Waals surface area contributed by atoms with Gasteiger partial charge in [-0.3, -0.25) is 14.9 Å². The van der Waals surface area contributed by atoms with Crippen LogP contribution < -0.4 is 15.0 Å². The van der Waals surface area contributed by atoms with Crippen LogP contribution in [0.1, 0.15) is 11.1 Å². The molecular formula is C28H19ClN2O5. The molecule has 0 spiro atoms. The molecule has 1 fully saturated rings. The van der Waals surface area contributed by atoms with Crippen molar-refractivity contribution in [2.75, 3.05) is 4.90 Å². The molecule has 0 aliphatic carbocycles. The molecule has 0 saturated carbocycles. The van der Waals surface area contributed by atoms with Gasteiger partial charge in [0, 0.05) is 16.1 Å². The number of rotatable bonds is 5. The number of imide groups is 2. The SMILES string of the molecule is O=C1NC(=O)N(c2ccc(O)cc2)C(=O)/C1=C/c1c(OCc2ccccc2Cl)ccc2ccccc12. The van der Waals surface area contributed by atoms with E-state index in [9.17, 15) is 19.5 Å². The van der Waals surface area contributed by atoms with Gasteiger partial charge in [-0.1, -0.05) is 60.1 Å². The fourth-order valence-electron chi connectivity index (χ4n) is 3.96. The van der Waals surface area contributed by atoms with Gasteiger partial charge in [-0.15, -0.1) is 0 Å². The summed E-state index contributed by atoms with van der Waals surface area (Å²) in [4.78, 5) is 39.5. The van der Waals surface area contributed by atoms with E-state index in [0.29, 0.717) is 16.3 Å². The number of halogens is 1. The van der Waals surface area contributed by atoms with Gasteiger partial charge in [0.2, 0.25) is 0 Å². The number of ether oxygens (including phenoxy) is 1. The van der Waals surface area contributed by atoms with Crippen LogP contribution in [0.15, 0.2) is 90.5 Å². The van der Waals surface area contributed by atoms with Gasteiger partial charge in [0.05, 0.1) is 5.69 Å². The first-order valence-electron chi connectivity index (χ1n) is 11.0. The average molecular weight is 499 g/mol. The first kappa shape index (κ1) is 23.1. The molecular weight excluding hydrogens is 480 g/mol. The topological polar surface area (TPSA) is 95.9 Å². The highest BCUT2D eigenvalue weighted by molar-refractivity contribution is 6.39. The number of carbonyl (C=O) groups is 3. The van der Waals surface area contributed by atoms with Gasteiger partial charge in [-0.2, -0.15) is 0 Å². The summed E-state index contributed by atoms with van der Waals surface area (Å²) < 4.78 is 6.09. The minimum absolute atomic E-state index is 0.0217. The lowest BCUT2D eigenvalue weighted by atomic mass is 9.99. The fraction of sp³-hybridized carbons (Fsp3) is 0.0357. The normalized spacial score (nSPS) is 14.9. The molecule has 178 valence electrons. The van der Waals surface area contributed by atoms with Crippen LogP contribution in [-0.4, -0.2) is 23.0 Å². The molecule has 1 heterocycles. The molecule has 4 aromatic carbocycles. The number of hydrogen-bond donors (Lipinski definition) is 2. The summed E-state index contributed by atoms with van der Waals surface area (Å²) in [7, 11) is 0. The summed E-state index contributed by atoms with van der Waals surface area (Å²) in [6, 6.07) is 23.1. The standard InChI is InChI=1S/C28H19ClN2O5/c29-24-8-4-2-6-18(24)16-36-25-14-9-17-5-1-3-7-21(17)22(25)15-23-26(33)30-28(35)31(27(23)34)19-10-12-20(32)13-11-19/h1-15,32H,16H2,(H,30,33,35)/b23-15+. The molecule has 8 heteroatoms. The van der Waals surface area contributed by atoms with E-state index in [1.54, 1.807) is 12.1 Å². The van der Waals surface area contributed by atoms with Gasteiger partial charge < -0.3 is 9.84 Å². The van der Waals surface area contributed by atoms with E-state index in [1.807, 2.05) is 48.5 Å². The number of anilines is 1. The van der Waals surface area contributed by atoms with Gasteiger partial charge in [-0.25, -0.2) is 9.69 Å². The minimum Gasteiger partial charge on any atom is -0.508 e. The highest BCUT2D eigenvalue weighted by Gasteiger charge is 2.37. The summed E-state index contributed by atoms with van der Waals surface area (Å²) in [6.07, 6.45) is 1.43. The Morgan fingerprint density at radius 3 is 2.39 bits per heavy atom. The maximum absolute atomic E-state index is 13.4. The Bertz CT molecular complexity index is 1550. The molecule has 4 aromatic rings. The van der Waals surface area contributed by atoms with Crippen LogP contribution in [0.4, 0.5) is 10.5 Å². The summed E-state index contributed by atoms with van der Waals surface area (Å²) in [6.45, 7) is 0.173. The monoisotopic (exact) mass is 498 g/mol. The quantitative estimate of drug-likeness (QED) is 0.282. The van der Waals surface area contributed by atoms with Gasteiger partial charge in [0.25, 0.3) is 11.8 Å². The summed E-state index contributed by atoms with van der Waals surface area (Å²) in [5, 5.41) is 14.0. The van der Waals surface area contributed by atoms with E-state index in [1.165, 1.54) is 30.3 Å². The maximum Gasteiger partial charge on any atom is 0.335 e. The Balaban J connectivity index is 1.59. The minimum atomic E-state index is -0.874. The van der Waals surface area contributed by atoms with Crippen LogP contribution in [-0.2, 0) is 16.2 Å². The molecule has 2 N–H and O–H groups in total. The van der Waals surface area contributed by atoms with Gasteiger partial charge in [0.1, 0.15) is 23.7 Å². The van der Waals surface area contributed by atoms with E-state index in [4.69, 9.17) is 16.3 Å². The molecule has 36 heavy (non-hydrogen) atoms. The molecule has 4 amide bonds. The van der Waals surface area contributed by atoms with E-state index in [-0.39, 0.29) is 23.6 Å². The molecule has 1 aliphatic heterocycles. The smallest absolute Gasteiger partial charge is 0.335 e. The highest BCUT2D eigenvalue weighted by atomic mass is 35.5. The van der Waals surface area contributed by atoms with Crippen molar-refractivity contribution in [3.63, 3.8) is 0 Å². The van der Waals surface area contributed by atoms with Crippen LogP contribution in [0.3, 0.4) is 0 Å². The largest absolute Gasteiger partial charge is 0.508 e. The number of amides is 4. The van der Waals surface area contributed by atoms with E-state index < -0.39 is 17.8 Å². The first-order chi connectivity index (χ1) is 17.4. The number of phenolic OH excluding ortho intramolecular Hbond substituents is 1. The van der Waals surface area contributed by atoms with Crippen molar-refractivity contribution >= 4 is 52.0 Å². The zero-order valence-corrected chi connectivity index (χ0v) is 19.5. The molecule has 0 atom stereocenters. The molecule has 1 saturated heterocycles. The molecule has 1 aliphatic rings. The van der Waals surface area contributed by atoms with Crippen molar-refractivity contribution in [3.05, 3.63) is 107 Å². The van der Waals surface area contributed by atoms with Crippen molar-refractivity contribution in [2.24, 2.45) is 0 Å². The van der Waals surface area contributed by atoms with Crippen LogP contribution in [0, 0.1) is 0 Å². The number of nitrogens with one attached hydrogen (secondary N) is 1. The Labute approximate surface area is 211 Å². The van der Waals surface area contributed by atoms with E-state index >= 15 is 0 Å². The zero-order valence-electron chi connectivity index (χ0n) is 18.8. The molecule has 0 bridgehead atoms. The number of barbiturate groups is 1. The fourth-order valence-corrected chi connectivity index (χ4v) is 4.15. The number of urea groups is 1. The van der Waals surface area contributed by atoms with Crippen molar-refractivity contribution in [2.45, 2.75) is 6.61 Å². The third-order valence-electron chi connectivity index (χ3n) is 5.77. The second-order valence-corrected chi connectivity index (χ2v) is 8.46. The van der Waals surface area contributed by atoms with Gasteiger partial charge in [0.15, 0.2) is 0 Å². The lowest BCUT2D eigenvalue weighted by molar-refractivity contribution is -0.122. The van der Waals surface area contributed by atoms with Crippen molar-refractivity contribution in [1.82, 2.24) is 5.32 Å². The second-order valence-electron chi connectivity index (χ2n) is 8.05. The Morgan fingerprint density at radius 2 is 1.61 bits per heavy atom. The van der Waals surface area contributed by atoms with Crippen molar-refractivity contribution in [3.8, 4) is 11.5 Å². The lowest BCUT2D eigenvalue weighted by Crippen LogP contribution is -2.54. The number of fused-ring (bicyclic) bond motifs is 1. The maximum atomic E-state index is 13.4. The van der Waals surface area contributed by atoms with Crippen LogP contribution in [0.25, 0.3) is 16.8 Å². The van der Waals surface area contributed by atoms with E-state index in [0.717, 1.165) is 21.2 Å². The predicted octanol–water partition coefficient (Wildman–Crippen LogP) is 5.44. The molecule has 7 nitrogen and oxygen atoms in total. The van der Waals surface area contributed by atoms with Crippen LogP contribution >= 0.6 is 11.6 Å². The highest BCUT2D eigenvalue weighted by Crippen LogP contribution is 2.33. The number of nitrogens with zero attached hydrogens (tertiary/aromatic N) is 1. The van der Waals surface area contributed by atoms with Crippen LogP contribution in [0.2, 0.25) is 5.02 Å². The number of phenols is 1. The summed E-state index contributed by atoms with van der Waals surface area (Å²) in [5.41, 5.74) is 1.27. The summed E-state index contributed by atoms with van der Waals surface area (Å²) >= 11 is 6.27. The first-order valence-corrected chi connectivity index (χ1v) is 11.4. The average Bonchev–Trinajstić information content (AvgIpc) is 2.87. The van der Waals surface area contributed by atoms with Crippen LogP contribution in [0.5, 0.6) is 11.5 Å². The Morgan fingerprint density at radius 1 is 0.889 bits per heavy atom.